The minimum atomic E-state index is 0.655. The molecule has 0 N–H and O–H groups in total. The van der Waals surface area contributed by atoms with E-state index in [9.17, 15) is 0 Å². The van der Waals surface area contributed by atoms with Gasteiger partial charge in [-0.2, -0.15) is 0 Å². The van der Waals surface area contributed by atoms with Gasteiger partial charge in [0, 0.05) is 17.3 Å². The highest BCUT2D eigenvalue weighted by molar-refractivity contribution is 6.03. The first-order valence-corrected chi connectivity index (χ1v) is 5.08. The van der Waals surface area contributed by atoms with Gasteiger partial charge in [-0.1, -0.05) is 19.6 Å². The van der Waals surface area contributed by atoms with Crippen LogP contribution in [0.25, 0.3) is 0 Å². The van der Waals surface area contributed by atoms with Crippen molar-refractivity contribution in [3.05, 3.63) is 23.9 Å². The van der Waals surface area contributed by atoms with Gasteiger partial charge in [0.05, 0.1) is 0 Å². The third kappa shape index (κ3) is 2.30. The average molecular weight is 177 g/mol. The zero-order valence-corrected chi connectivity index (χ0v) is 8.93. The average Bonchev–Trinajstić information content (AvgIpc) is 2.48. The van der Waals surface area contributed by atoms with Crippen molar-refractivity contribution in [1.82, 2.24) is 0 Å². The summed E-state index contributed by atoms with van der Waals surface area (Å²) in [5.74, 6) is 0.655. The lowest BCUT2D eigenvalue weighted by Gasteiger charge is -2.07. The Kier molecular flexibility index (Phi) is 3.47. The Morgan fingerprint density at radius 3 is 2.92 bits per heavy atom. The van der Waals surface area contributed by atoms with Gasteiger partial charge >= 0.3 is 0 Å². The molecule has 1 nitrogen and oxygen atoms in total. The molecule has 0 aromatic carbocycles. The fourth-order valence-electron chi connectivity index (χ4n) is 1.72. The van der Waals surface area contributed by atoms with Crippen LogP contribution in [0.15, 0.2) is 28.9 Å². The predicted octanol–water partition coefficient (Wildman–Crippen LogP) is 3.73. The second-order valence-corrected chi connectivity index (χ2v) is 3.67. The van der Waals surface area contributed by atoms with Gasteiger partial charge < -0.3 is 0 Å². The first-order valence-electron chi connectivity index (χ1n) is 5.08. The Bertz CT molecular complexity index is 258. The molecule has 0 heterocycles. The summed E-state index contributed by atoms with van der Waals surface area (Å²) < 4.78 is 0. The molecule has 1 unspecified atom stereocenters. The second-order valence-electron chi connectivity index (χ2n) is 3.67. The molecule has 72 valence electrons. The van der Waals surface area contributed by atoms with Crippen LogP contribution in [0.3, 0.4) is 0 Å². The number of hydrogen-bond acceptors (Lipinski definition) is 1. The quantitative estimate of drug-likeness (QED) is 0.609. The lowest BCUT2D eigenvalue weighted by molar-refractivity contribution is 0.648. The Hall–Kier alpha value is -0.850. The maximum atomic E-state index is 4.61. The van der Waals surface area contributed by atoms with Crippen LogP contribution < -0.4 is 0 Å². The van der Waals surface area contributed by atoms with Crippen molar-refractivity contribution in [3.63, 3.8) is 0 Å². The molecule has 0 bridgehead atoms. The van der Waals surface area contributed by atoms with E-state index < -0.39 is 0 Å². The van der Waals surface area contributed by atoms with Crippen molar-refractivity contribution in [3.8, 4) is 0 Å². The van der Waals surface area contributed by atoms with E-state index in [2.05, 4.69) is 18.5 Å². The molecule has 0 amide bonds. The van der Waals surface area contributed by atoms with Crippen LogP contribution in [0.5, 0.6) is 0 Å². The minimum absolute atomic E-state index is 0.655. The largest absolute Gasteiger partial charge is 0.258 e. The molecule has 1 fully saturated rings. The molecular formula is C12H19N. The fraction of sp³-hybridized carbons (Fsp3) is 0.583. The molecule has 0 aliphatic heterocycles. The normalized spacial score (nSPS) is 27.3. The van der Waals surface area contributed by atoms with E-state index in [0.717, 1.165) is 12.1 Å². The van der Waals surface area contributed by atoms with E-state index in [1.807, 2.05) is 19.9 Å². The summed E-state index contributed by atoms with van der Waals surface area (Å²) in [5, 5.41) is 0. The van der Waals surface area contributed by atoms with E-state index in [0.29, 0.717) is 5.92 Å². The Balaban J connectivity index is 2.86. The summed E-state index contributed by atoms with van der Waals surface area (Å²) in [5.41, 5.74) is 3.60. The molecule has 1 rings (SSSR count). The highest BCUT2D eigenvalue weighted by Gasteiger charge is 2.23. The fourth-order valence-corrected chi connectivity index (χ4v) is 1.72. The third-order valence-electron chi connectivity index (χ3n) is 2.75. The molecule has 1 aliphatic carbocycles. The van der Waals surface area contributed by atoms with Crippen LogP contribution in [-0.4, -0.2) is 5.71 Å². The van der Waals surface area contributed by atoms with Gasteiger partial charge in [0.15, 0.2) is 0 Å². The number of rotatable bonds is 2. The molecule has 1 atom stereocenters. The van der Waals surface area contributed by atoms with E-state index in [-0.39, 0.29) is 0 Å². The third-order valence-corrected chi connectivity index (χ3v) is 2.75. The SMILES string of the molecule is C=C1CCC(CC)C1=N/C(C)=C\C. The van der Waals surface area contributed by atoms with E-state index in [1.54, 1.807) is 0 Å². The molecule has 0 aromatic heterocycles. The number of allylic oxidation sites excluding steroid dienone is 3. The highest BCUT2D eigenvalue weighted by Crippen LogP contribution is 2.29. The van der Waals surface area contributed by atoms with E-state index in [1.165, 1.54) is 24.1 Å². The van der Waals surface area contributed by atoms with Crippen LogP contribution in [0.1, 0.15) is 40.0 Å². The molecular weight excluding hydrogens is 158 g/mol. The lowest BCUT2D eigenvalue weighted by atomic mass is 10.0. The smallest absolute Gasteiger partial charge is 0.0463 e. The number of hydrogen-bond donors (Lipinski definition) is 0. The standard InChI is InChI=1S/C12H19N/c1-5-10(4)13-12-9(3)7-8-11(12)6-2/h5,11H,3,6-8H2,1-2,4H3/b10-5-,13-12?. The van der Waals surface area contributed by atoms with Crippen molar-refractivity contribution in [2.24, 2.45) is 10.9 Å². The van der Waals surface area contributed by atoms with Crippen LogP contribution in [-0.2, 0) is 0 Å². The van der Waals surface area contributed by atoms with Crippen molar-refractivity contribution in [2.75, 3.05) is 0 Å². The van der Waals surface area contributed by atoms with Crippen LogP contribution >= 0.6 is 0 Å². The van der Waals surface area contributed by atoms with Crippen LogP contribution in [0, 0.1) is 5.92 Å². The second kappa shape index (κ2) is 4.40. The van der Waals surface area contributed by atoms with Gasteiger partial charge in [0.25, 0.3) is 0 Å². The summed E-state index contributed by atoms with van der Waals surface area (Å²) in [6, 6.07) is 0. The zero-order chi connectivity index (χ0) is 9.84. The molecule has 13 heavy (non-hydrogen) atoms. The summed E-state index contributed by atoms with van der Waals surface area (Å²) in [4.78, 5) is 4.61. The van der Waals surface area contributed by atoms with Crippen LogP contribution in [0.4, 0.5) is 0 Å². The van der Waals surface area contributed by atoms with Crippen molar-refractivity contribution in [1.29, 1.82) is 0 Å². The van der Waals surface area contributed by atoms with Gasteiger partial charge in [-0.15, -0.1) is 0 Å². The summed E-state index contributed by atoms with van der Waals surface area (Å²) >= 11 is 0. The number of aliphatic imine (C=N–C) groups is 1. The number of nitrogens with zero attached hydrogens (tertiary/aromatic N) is 1. The Labute approximate surface area is 81.3 Å². The molecule has 1 saturated carbocycles. The minimum Gasteiger partial charge on any atom is -0.258 e. The van der Waals surface area contributed by atoms with Crippen molar-refractivity contribution in [2.45, 2.75) is 40.0 Å². The Morgan fingerprint density at radius 2 is 2.38 bits per heavy atom. The molecule has 1 heteroatoms. The molecule has 1 aliphatic rings. The van der Waals surface area contributed by atoms with Gasteiger partial charge in [0.2, 0.25) is 0 Å². The maximum Gasteiger partial charge on any atom is 0.0463 e. The van der Waals surface area contributed by atoms with Gasteiger partial charge in [-0.05, 0) is 38.7 Å². The topological polar surface area (TPSA) is 12.4 Å². The molecule has 0 saturated heterocycles. The summed E-state index contributed by atoms with van der Waals surface area (Å²) in [7, 11) is 0. The van der Waals surface area contributed by atoms with Gasteiger partial charge in [-0.25, -0.2) is 0 Å². The molecule has 0 spiro atoms. The van der Waals surface area contributed by atoms with E-state index >= 15 is 0 Å². The van der Waals surface area contributed by atoms with E-state index in [4.69, 9.17) is 0 Å². The summed E-state index contributed by atoms with van der Waals surface area (Å²) in [6.07, 6.45) is 5.61. The summed E-state index contributed by atoms with van der Waals surface area (Å²) in [6.45, 7) is 10.4. The predicted molar refractivity (Wildman–Crippen MR) is 59.0 cm³/mol. The van der Waals surface area contributed by atoms with Crippen molar-refractivity contribution >= 4 is 5.71 Å². The monoisotopic (exact) mass is 177 g/mol. The molecule has 0 aromatic rings. The van der Waals surface area contributed by atoms with Crippen LogP contribution in [0.2, 0.25) is 0 Å². The maximum absolute atomic E-state index is 4.61. The highest BCUT2D eigenvalue weighted by atomic mass is 14.8. The Morgan fingerprint density at radius 1 is 1.69 bits per heavy atom. The zero-order valence-electron chi connectivity index (χ0n) is 8.93. The van der Waals surface area contributed by atoms with Crippen molar-refractivity contribution < 1.29 is 0 Å². The van der Waals surface area contributed by atoms with Gasteiger partial charge in [0.1, 0.15) is 0 Å². The van der Waals surface area contributed by atoms with Gasteiger partial charge in [-0.3, -0.25) is 4.99 Å². The lowest BCUT2D eigenvalue weighted by Crippen LogP contribution is -2.06. The first-order chi connectivity index (χ1) is 6.19. The first kappa shape index (κ1) is 10.2. The molecule has 0 radical (unpaired) electrons.